The lowest BCUT2D eigenvalue weighted by atomic mass is 9.96. The maximum absolute atomic E-state index is 12.4. The van der Waals surface area contributed by atoms with Crippen molar-refractivity contribution in [1.82, 2.24) is 20.3 Å². The van der Waals surface area contributed by atoms with Crippen LogP contribution in [0.1, 0.15) is 33.1 Å². The van der Waals surface area contributed by atoms with Crippen LogP contribution in [-0.4, -0.2) is 40.0 Å². The van der Waals surface area contributed by atoms with Gasteiger partial charge in [-0.05, 0) is 32.3 Å². The van der Waals surface area contributed by atoms with Crippen LogP contribution in [0.25, 0.3) is 11.2 Å². The smallest absolute Gasteiger partial charge is 0.225 e. The summed E-state index contributed by atoms with van der Waals surface area (Å²) < 4.78 is 0. The van der Waals surface area contributed by atoms with Gasteiger partial charge < -0.3 is 10.2 Å². The number of pyridine rings is 1. The van der Waals surface area contributed by atoms with E-state index in [-0.39, 0.29) is 17.9 Å². The van der Waals surface area contributed by atoms with E-state index in [0.717, 1.165) is 43.6 Å². The van der Waals surface area contributed by atoms with Gasteiger partial charge in [0.05, 0.1) is 17.8 Å². The van der Waals surface area contributed by atoms with E-state index in [1.165, 1.54) is 0 Å². The second kappa shape index (κ2) is 6.89. The highest BCUT2D eigenvalue weighted by Gasteiger charge is 2.26. The lowest BCUT2D eigenvalue weighted by molar-refractivity contribution is -0.125. The summed E-state index contributed by atoms with van der Waals surface area (Å²) in [5.41, 5.74) is 2.45. The van der Waals surface area contributed by atoms with Gasteiger partial charge in [0.25, 0.3) is 0 Å². The SMILES string of the molecule is CC[C@@H](C)NC(=O)[C@H]1CCCN(c2cnc3nccnc3c2)C1. The number of nitrogens with one attached hydrogen (secondary N) is 1. The van der Waals surface area contributed by atoms with Gasteiger partial charge in [0.1, 0.15) is 5.52 Å². The molecule has 6 nitrogen and oxygen atoms in total. The molecule has 3 heterocycles. The average Bonchev–Trinajstić information content (AvgIpc) is 2.61. The number of piperidine rings is 1. The normalized spacial score (nSPS) is 19.6. The van der Waals surface area contributed by atoms with Gasteiger partial charge in [0.2, 0.25) is 5.91 Å². The third-order valence-corrected chi connectivity index (χ3v) is 4.47. The zero-order valence-corrected chi connectivity index (χ0v) is 13.7. The predicted molar refractivity (Wildman–Crippen MR) is 90.2 cm³/mol. The molecule has 0 aliphatic carbocycles. The van der Waals surface area contributed by atoms with Crippen molar-refractivity contribution in [3.8, 4) is 0 Å². The van der Waals surface area contributed by atoms with Gasteiger partial charge in [-0.2, -0.15) is 0 Å². The molecule has 1 saturated heterocycles. The van der Waals surface area contributed by atoms with E-state index in [2.05, 4.69) is 32.1 Å². The van der Waals surface area contributed by atoms with Gasteiger partial charge in [-0.3, -0.25) is 9.78 Å². The molecule has 1 N–H and O–H groups in total. The van der Waals surface area contributed by atoms with Crippen LogP contribution in [0.3, 0.4) is 0 Å². The lowest BCUT2D eigenvalue weighted by Gasteiger charge is -2.34. The number of aromatic nitrogens is 3. The van der Waals surface area contributed by atoms with Crippen molar-refractivity contribution in [2.24, 2.45) is 5.92 Å². The van der Waals surface area contributed by atoms with Crippen molar-refractivity contribution in [1.29, 1.82) is 0 Å². The molecule has 1 aliphatic heterocycles. The van der Waals surface area contributed by atoms with Gasteiger partial charge in [-0.25, -0.2) is 9.97 Å². The van der Waals surface area contributed by atoms with Gasteiger partial charge in [-0.1, -0.05) is 6.92 Å². The van der Waals surface area contributed by atoms with E-state index in [1.54, 1.807) is 12.4 Å². The van der Waals surface area contributed by atoms with E-state index in [4.69, 9.17) is 0 Å². The predicted octanol–water partition coefficient (Wildman–Crippen LogP) is 2.16. The van der Waals surface area contributed by atoms with Crippen molar-refractivity contribution < 1.29 is 4.79 Å². The first-order chi connectivity index (χ1) is 11.2. The van der Waals surface area contributed by atoms with Crippen LogP contribution in [0.4, 0.5) is 5.69 Å². The molecule has 0 spiro atoms. The molecule has 0 bridgehead atoms. The van der Waals surface area contributed by atoms with Crippen molar-refractivity contribution >= 4 is 22.8 Å². The Hall–Kier alpha value is -2.24. The molecule has 1 fully saturated rings. The summed E-state index contributed by atoms with van der Waals surface area (Å²) in [7, 11) is 0. The highest BCUT2D eigenvalue weighted by atomic mass is 16.2. The molecule has 0 unspecified atom stereocenters. The minimum atomic E-state index is 0.0373. The highest BCUT2D eigenvalue weighted by molar-refractivity contribution is 5.80. The molecule has 2 aromatic rings. The van der Waals surface area contributed by atoms with Crippen LogP contribution >= 0.6 is 0 Å². The monoisotopic (exact) mass is 313 g/mol. The number of carbonyl (C=O) groups is 1. The largest absolute Gasteiger partial charge is 0.369 e. The van der Waals surface area contributed by atoms with Crippen LogP contribution in [-0.2, 0) is 4.79 Å². The number of rotatable bonds is 4. The number of amides is 1. The van der Waals surface area contributed by atoms with E-state index < -0.39 is 0 Å². The standard InChI is InChI=1S/C17H23N5O/c1-3-12(2)21-17(23)13-5-4-8-22(11-13)14-9-15-16(20-10-14)19-7-6-18-15/h6-7,9-10,12-13H,3-5,8,11H2,1-2H3,(H,21,23)/t12-,13+/m1/s1. The second-order valence-electron chi connectivity index (χ2n) is 6.20. The highest BCUT2D eigenvalue weighted by Crippen LogP contribution is 2.24. The third kappa shape index (κ3) is 3.57. The Balaban J connectivity index is 1.73. The maximum atomic E-state index is 12.4. The Bertz CT molecular complexity index is 689. The molecule has 6 heteroatoms. The number of hydrogen-bond acceptors (Lipinski definition) is 5. The molecule has 2 atom stereocenters. The van der Waals surface area contributed by atoms with E-state index in [0.29, 0.717) is 5.65 Å². The van der Waals surface area contributed by atoms with Gasteiger partial charge in [0.15, 0.2) is 5.65 Å². The second-order valence-corrected chi connectivity index (χ2v) is 6.20. The number of carbonyl (C=O) groups excluding carboxylic acids is 1. The molecule has 1 aliphatic rings. The number of fused-ring (bicyclic) bond motifs is 1. The van der Waals surface area contributed by atoms with E-state index >= 15 is 0 Å². The maximum Gasteiger partial charge on any atom is 0.225 e. The summed E-state index contributed by atoms with van der Waals surface area (Å²) in [6.45, 7) is 5.81. The van der Waals surface area contributed by atoms with Crippen molar-refractivity contribution in [2.45, 2.75) is 39.2 Å². The fourth-order valence-corrected chi connectivity index (χ4v) is 2.91. The average molecular weight is 313 g/mol. The summed E-state index contributed by atoms with van der Waals surface area (Å²) in [5, 5.41) is 3.10. The summed E-state index contributed by atoms with van der Waals surface area (Å²) in [4.78, 5) is 27.5. The summed E-state index contributed by atoms with van der Waals surface area (Å²) in [6, 6.07) is 2.24. The molecule has 0 aromatic carbocycles. The first-order valence-electron chi connectivity index (χ1n) is 8.29. The zero-order valence-electron chi connectivity index (χ0n) is 13.7. The van der Waals surface area contributed by atoms with E-state index in [1.807, 2.05) is 19.2 Å². The van der Waals surface area contributed by atoms with Gasteiger partial charge >= 0.3 is 0 Å². The number of anilines is 1. The van der Waals surface area contributed by atoms with Crippen LogP contribution in [0, 0.1) is 5.92 Å². The lowest BCUT2D eigenvalue weighted by Crippen LogP contribution is -2.45. The van der Waals surface area contributed by atoms with Crippen LogP contribution < -0.4 is 10.2 Å². The van der Waals surface area contributed by atoms with Crippen molar-refractivity contribution in [2.75, 3.05) is 18.0 Å². The molecule has 23 heavy (non-hydrogen) atoms. The molecule has 0 radical (unpaired) electrons. The molecule has 1 amide bonds. The van der Waals surface area contributed by atoms with Crippen molar-refractivity contribution in [3.05, 3.63) is 24.7 Å². The Kier molecular flexibility index (Phi) is 4.69. The number of nitrogens with zero attached hydrogens (tertiary/aromatic N) is 4. The molecule has 2 aromatic heterocycles. The first-order valence-corrected chi connectivity index (χ1v) is 8.29. The van der Waals surface area contributed by atoms with E-state index in [9.17, 15) is 4.79 Å². The topological polar surface area (TPSA) is 71.0 Å². The number of hydrogen-bond donors (Lipinski definition) is 1. The Morgan fingerprint density at radius 2 is 2.22 bits per heavy atom. The minimum absolute atomic E-state index is 0.0373. The Morgan fingerprint density at radius 1 is 1.39 bits per heavy atom. The summed E-state index contributed by atoms with van der Waals surface area (Å²) in [6.07, 6.45) is 8.05. The fourth-order valence-electron chi connectivity index (χ4n) is 2.91. The minimum Gasteiger partial charge on any atom is -0.369 e. The fraction of sp³-hybridized carbons (Fsp3) is 0.529. The molecular formula is C17H23N5O. The van der Waals surface area contributed by atoms with Crippen LogP contribution in [0.15, 0.2) is 24.7 Å². The molecule has 0 saturated carbocycles. The Morgan fingerprint density at radius 3 is 3.04 bits per heavy atom. The van der Waals surface area contributed by atoms with Crippen LogP contribution in [0.2, 0.25) is 0 Å². The van der Waals surface area contributed by atoms with Crippen LogP contribution in [0.5, 0.6) is 0 Å². The van der Waals surface area contributed by atoms with Crippen molar-refractivity contribution in [3.63, 3.8) is 0 Å². The molecule has 122 valence electrons. The summed E-state index contributed by atoms with van der Waals surface area (Å²) >= 11 is 0. The Labute approximate surface area is 136 Å². The quantitative estimate of drug-likeness (QED) is 0.936. The zero-order chi connectivity index (χ0) is 16.2. The van der Waals surface area contributed by atoms with Gasteiger partial charge in [0, 0.05) is 31.5 Å². The summed E-state index contributed by atoms with van der Waals surface area (Å²) in [5.74, 6) is 0.202. The molecular weight excluding hydrogens is 290 g/mol. The van der Waals surface area contributed by atoms with Gasteiger partial charge in [-0.15, -0.1) is 0 Å². The third-order valence-electron chi connectivity index (χ3n) is 4.47. The first kappa shape index (κ1) is 15.6. The molecule has 3 rings (SSSR count).